The predicted molar refractivity (Wildman–Crippen MR) is 166 cm³/mol. The van der Waals surface area contributed by atoms with Crippen LogP contribution < -0.4 is 20.3 Å². The fourth-order valence-corrected chi connectivity index (χ4v) is 5.49. The van der Waals surface area contributed by atoms with Crippen LogP contribution in [0.15, 0.2) is 24.5 Å². The van der Waals surface area contributed by atoms with Gasteiger partial charge in [0.05, 0.1) is 23.7 Å². The van der Waals surface area contributed by atoms with E-state index in [9.17, 15) is 24.8 Å². The molecule has 0 saturated heterocycles. The van der Waals surface area contributed by atoms with Gasteiger partial charge in [-0.05, 0) is 83.4 Å². The molecule has 3 heterocycles. The molecule has 1 aliphatic heterocycles. The number of pyridine rings is 2. The number of hydrogen-bond acceptors (Lipinski definition) is 9. The first kappa shape index (κ1) is 32.2. The molecule has 0 radical (unpaired) electrons. The number of aromatic nitrogens is 2. The summed E-state index contributed by atoms with van der Waals surface area (Å²) >= 11 is 0. The maximum absolute atomic E-state index is 16.4. The number of anilines is 3. The van der Waals surface area contributed by atoms with Crippen molar-refractivity contribution < 1.29 is 38.1 Å². The number of nitrogens with zero attached hydrogens (tertiary/aromatic N) is 4. The number of carbonyl (C=O) groups excluding carboxylic acids is 2. The molecule has 5 rings (SSSR count). The molecule has 1 aromatic carbocycles. The fraction of sp³-hybridized carbons (Fsp3) is 0.438. The quantitative estimate of drug-likeness (QED) is 0.269. The summed E-state index contributed by atoms with van der Waals surface area (Å²) in [5.74, 6) is -0.499. The number of benzene rings is 1. The van der Waals surface area contributed by atoms with Crippen molar-refractivity contribution in [2.45, 2.75) is 66.1 Å². The summed E-state index contributed by atoms with van der Waals surface area (Å²) in [5.41, 5.74) is -0.772. The van der Waals surface area contributed by atoms with E-state index >= 15 is 4.39 Å². The highest BCUT2D eigenvalue weighted by atomic mass is 19.1. The van der Waals surface area contributed by atoms with Gasteiger partial charge in [0.25, 0.3) is 0 Å². The van der Waals surface area contributed by atoms with Crippen LogP contribution in [-0.2, 0) is 9.47 Å². The molecule has 242 valence electrons. The van der Waals surface area contributed by atoms with Crippen LogP contribution in [0.4, 0.5) is 36.0 Å². The summed E-state index contributed by atoms with van der Waals surface area (Å²) in [5, 5.41) is 24.8. The third kappa shape index (κ3) is 6.44. The van der Waals surface area contributed by atoms with Gasteiger partial charge in [-0.1, -0.05) is 0 Å². The third-order valence-corrected chi connectivity index (χ3v) is 8.11. The molecule has 1 aliphatic carbocycles. The molecule has 1 fully saturated rings. The second-order valence-electron chi connectivity index (χ2n) is 12.9. The molecule has 0 bridgehead atoms. The average Bonchev–Trinajstić information content (AvgIpc) is 2.95. The van der Waals surface area contributed by atoms with E-state index in [1.54, 1.807) is 27.7 Å². The Hall–Kier alpha value is -5.19. The van der Waals surface area contributed by atoms with E-state index in [0.29, 0.717) is 23.8 Å². The molecule has 13 nitrogen and oxygen atoms in total. The number of carboxylic acid groups (broad SMARTS) is 1. The molecule has 2 aromatic heterocycles. The van der Waals surface area contributed by atoms with Gasteiger partial charge in [0, 0.05) is 28.9 Å². The largest absolute Gasteiger partial charge is 0.474 e. The Morgan fingerprint density at radius 3 is 2.46 bits per heavy atom. The minimum absolute atomic E-state index is 0.00242. The Morgan fingerprint density at radius 2 is 1.80 bits per heavy atom. The summed E-state index contributed by atoms with van der Waals surface area (Å²) in [4.78, 5) is 47.1. The molecule has 3 N–H and O–H groups in total. The van der Waals surface area contributed by atoms with E-state index in [1.807, 2.05) is 13.8 Å². The lowest BCUT2D eigenvalue weighted by atomic mass is 9.66. The van der Waals surface area contributed by atoms with E-state index in [1.165, 1.54) is 24.5 Å². The van der Waals surface area contributed by atoms with Crippen molar-refractivity contribution in [1.29, 1.82) is 5.26 Å². The van der Waals surface area contributed by atoms with Crippen LogP contribution in [0.1, 0.15) is 53.0 Å². The van der Waals surface area contributed by atoms with Crippen LogP contribution in [0.3, 0.4) is 0 Å². The van der Waals surface area contributed by atoms with Crippen LogP contribution in [0.5, 0.6) is 5.88 Å². The Balaban J connectivity index is 1.51. The van der Waals surface area contributed by atoms with Crippen LogP contribution in [0.2, 0.25) is 0 Å². The van der Waals surface area contributed by atoms with Crippen molar-refractivity contribution in [3.05, 3.63) is 35.9 Å². The summed E-state index contributed by atoms with van der Waals surface area (Å²) in [6.45, 7) is 10.5. The molecular formula is C32H35FN6O7. The average molecular weight is 635 g/mol. The second-order valence-corrected chi connectivity index (χ2v) is 12.9. The normalized spacial score (nSPS) is 17.6. The van der Waals surface area contributed by atoms with E-state index < -0.39 is 35.1 Å². The number of fused-ring (bicyclic) bond motifs is 2. The van der Waals surface area contributed by atoms with Gasteiger partial charge in [0.1, 0.15) is 29.8 Å². The lowest BCUT2D eigenvalue weighted by molar-refractivity contribution is -0.00711. The molecular weight excluding hydrogens is 599 g/mol. The van der Waals surface area contributed by atoms with Crippen molar-refractivity contribution in [3.63, 3.8) is 0 Å². The van der Waals surface area contributed by atoms with Crippen LogP contribution in [0, 0.1) is 35.4 Å². The highest BCUT2D eigenvalue weighted by Crippen LogP contribution is 2.44. The maximum Gasteiger partial charge on any atom is 0.413 e. The zero-order valence-electron chi connectivity index (χ0n) is 26.4. The molecule has 0 atom stereocenters. The maximum atomic E-state index is 16.4. The van der Waals surface area contributed by atoms with E-state index in [4.69, 9.17) is 14.2 Å². The Morgan fingerprint density at radius 1 is 1.09 bits per heavy atom. The zero-order valence-corrected chi connectivity index (χ0v) is 26.4. The highest BCUT2D eigenvalue weighted by molar-refractivity contribution is 6.04. The minimum Gasteiger partial charge on any atom is -0.474 e. The first-order valence-corrected chi connectivity index (χ1v) is 14.7. The van der Waals surface area contributed by atoms with E-state index in [2.05, 4.69) is 26.7 Å². The number of amides is 3. The first-order valence-electron chi connectivity index (χ1n) is 14.7. The number of hydrogen-bond donors (Lipinski definition) is 3. The Labute approximate surface area is 264 Å². The highest BCUT2D eigenvalue weighted by Gasteiger charge is 2.42. The van der Waals surface area contributed by atoms with Gasteiger partial charge in [0.15, 0.2) is 5.82 Å². The van der Waals surface area contributed by atoms with Crippen molar-refractivity contribution in [1.82, 2.24) is 9.97 Å². The summed E-state index contributed by atoms with van der Waals surface area (Å²) in [6, 6.07) is 5.27. The summed E-state index contributed by atoms with van der Waals surface area (Å²) in [6.07, 6.45) is 0.632. The van der Waals surface area contributed by atoms with E-state index in [0.717, 1.165) is 4.90 Å². The van der Waals surface area contributed by atoms with Gasteiger partial charge in [0.2, 0.25) is 5.88 Å². The second kappa shape index (κ2) is 12.0. The Bertz CT molecular complexity index is 1780. The molecule has 3 amide bonds. The third-order valence-electron chi connectivity index (χ3n) is 8.11. The lowest BCUT2D eigenvalue weighted by Crippen LogP contribution is -2.41. The van der Waals surface area contributed by atoms with Crippen LogP contribution in [-0.4, -0.2) is 58.2 Å². The fourth-order valence-electron chi connectivity index (χ4n) is 5.49. The molecule has 2 aliphatic rings. The van der Waals surface area contributed by atoms with E-state index in [-0.39, 0.29) is 64.8 Å². The molecule has 1 saturated carbocycles. The monoisotopic (exact) mass is 634 g/mol. The minimum atomic E-state index is -1.21. The molecule has 14 heteroatoms. The summed E-state index contributed by atoms with van der Waals surface area (Å²) < 4.78 is 32.8. The predicted octanol–water partition coefficient (Wildman–Crippen LogP) is 6.85. The van der Waals surface area contributed by atoms with Crippen molar-refractivity contribution in [3.8, 4) is 23.1 Å². The number of halogens is 1. The summed E-state index contributed by atoms with van der Waals surface area (Å²) in [7, 11) is 0. The van der Waals surface area contributed by atoms with Crippen molar-refractivity contribution in [2.24, 2.45) is 11.3 Å². The zero-order chi connectivity index (χ0) is 33.6. The van der Waals surface area contributed by atoms with Crippen LogP contribution >= 0.6 is 0 Å². The number of rotatable bonds is 5. The standard InChI is InChI=1S/C32H35FN6O7/c1-16-21(13-36-27-26(16)39(30(42)43)7-8-44-27)20-9-17-10-23(37-28(40)45-19-11-18(12-19)32(5,6)15-34)35-14-22(17)25(24(20)33)38-29(41)46-31(2,3)4/h9-10,13-14,18-19H,7-8,11-12H2,1-6H3,(H,38,41)(H,42,43)(H,35,37,40). The Kier molecular flexibility index (Phi) is 8.37. The van der Waals surface area contributed by atoms with Crippen molar-refractivity contribution >= 4 is 46.2 Å². The number of nitriles is 1. The van der Waals surface area contributed by atoms with Gasteiger partial charge in [-0.25, -0.2) is 28.7 Å². The molecule has 0 spiro atoms. The number of ether oxygens (including phenoxy) is 3. The molecule has 0 unspecified atom stereocenters. The number of carbonyl (C=O) groups is 3. The topological polar surface area (TPSA) is 176 Å². The van der Waals surface area contributed by atoms with Gasteiger partial charge in [-0.2, -0.15) is 5.26 Å². The SMILES string of the molecule is Cc1c(-c2cc3cc(NC(=O)OC4CC(C(C)(C)C#N)C4)ncc3c(NC(=O)OC(C)(C)C)c2F)cnc2c1N(C(=O)O)CCO2. The molecule has 46 heavy (non-hydrogen) atoms. The molecule has 3 aromatic rings. The van der Waals surface area contributed by atoms with Crippen molar-refractivity contribution in [2.75, 3.05) is 28.7 Å². The number of nitrogens with one attached hydrogen (secondary N) is 2. The first-order chi connectivity index (χ1) is 21.6. The van der Waals surface area contributed by atoms with Crippen LogP contribution in [0.25, 0.3) is 21.9 Å². The van der Waals surface area contributed by atoms with Gasteiger partial charge >= 0.3 is 18.3 Å². The van der Waals surface area contributed by atoms with Gasteiger partial charge < -0.3 is 19.3 Å². The smallest absolute Gasteiger partial charge is 0.413 e. The lowest BCUT2D eigenvalue weighted by Gasteiger charge is -2.40. The van der Waals surface area contributed by atoms with Gasteiger partial charge in [-0.15, -0.1) is 0 Å². The van der Waals surface area contributed by atoms with Gasteiger partial charge in [-0.3, -0.25) is 15.5 Å².